The lowest BCUT2D eigenvalue weighted by molar-refractivity contribution is -0.137. The van der Waals surface area contributed by atoms with Crippen molar-refractivity contribution in [3.05, 3.63) is 0 Å². The summed E-state index contributed by atoms with van der Waals surface area (Å²) in [5, 5.41) is 3.06. The molecule has 0 saturated carbocycles. The molecule has 1 rings (SSSR count). The number of likely N-dealkylation sites (tertiary alicyclic amines) is 1. The van der Waals surface area contributed by atoms with E-state index in [1.165, 1.54) is 0 Å². The topological polar surface area (TPSA) is 49.4 Å². The van der Waals surface area contributed by atoms with Gasteiger partial charge in [0.1, 0.15) is 0 Å². The number of amides is 2. The van der Waals surface area contributed by atoms with E-state index in [1.807, 2.05) is 11.8 Å². The summed E-state index contributed by atoms with van der Waals surface area (Å²) in [4.78, 5) is 25.7. The third-order valence-corrected chi connectivity index (χ3v) is 3.98. The molecule has 1 saturated heterocycles. The van der Waals surface area contributed by atoms with E-state index in [2.05, 4.69) is 19.2 Å². The van der Waals surface area contributed by atoms with Crippen molar-refractivity contribution in [2.45, 2.75) is 65.3 Å². The Hall–Kier alpha value is -1.06. The van der Waals surface area contributed by atoms with Gasteiger partial charge in [0.2, 0.25) is 11.8 Å². The van der Waals surface area contributed by atoms with Crippen LogP contribution in [0.4, 0.5) is 0 Å². The molecule has 1 N–H and O–H groups in total. The van der Waals surface area contributed by atoms with Crippen LogP contribution in [-0.4, -0.2) is 35.8 Å². The fourth-order valence-corrected chi connectivity index (χ4v) is 2.67. The predicted octanol–water partition coefficient (Wildman–Crippen LogP) is 2.33. The average Bonchev–Trinajstić information content (AvgIpc) is 2.41. The van der Waals surface area contributed by atoms with E-state index in [0.29, 0.717) is 12.3 Å². The van der Waals surface area contributed by atoms with Gasteiger partial charge in [-0.15, -0.1) is 0 Å². The van der Waals surface area contributed by atoms with Gasteiger partial charge in [-0.1, -0.05) is 20.8 Å². The largest absolute Gasteiger partial charge is 0.353 e. The Balaban J connectivity index is 2.36. The van der Waals surface area contributed by atoms with Gasteiger partial charge in [0.25, 0.3) is 0 Å². The number of rotatable bonds is 6. The van der Waals surface area contributed by atoms with Crippen LogP contribution in [0.5, 0.6) is 0 Å². The third kappa shape index (κ3) is 4.84. The molecular formula is C15H28N2O2. The highest BCUT2D eigenvalue weighted by Gasteiger charge is 2.26. The minimum Gasteiger partial charge on any atom is -0.353 e. The highest BCUT2D eigenvalue weighted by molar-refractivity contribution is 5.79. The standard InChI is InChI=1S/C15H28N2O2/c1-4-7-14(18)16-13-8-10-17(11-9-13)15(19)12(5-2)6-3/h12-13H,4-11H2,1-3H3,(H,16,18). The molecular weight excluding hydrogens is 240 g/mol. The summed E-state index contributed by atoms with van der Waals surface area (Å²) in [6.45, 7) is 7.73. The maximum Gasteiger partial charge on any atom is 0.225 e. The van der Waals surface area contributed by atoms with Crippen molar-refractivity contribution in [2.75, 3.05) is 13.1 Å². The second-order valence-corrected chi connectivity index (χ2v) is 5.43. The Kier molecular flexibility index (Phi) is 6.89. The zero-order valence-electron chi connectivity index (χ0n) is 12.6. The normalized spacial score (nSPS) is 16.7. The number of nitrogens with one attached hydrogen (secondary N) is 1. The molecule has 1 aliphatic rings. The molecule has 4 heteroatoms. The number of nitrogens with zero attached hydrogens (tertiary/aromatic N) is 1. The monoisotopic (exact) mass is 268 g/mol. The molecule has 1 aliphatic heterocycles. The first-order chi connectivity index (χ1) is 9.12. The molecule has 110 valence electrons. The Morgan fingerprint density at radius 3 is 2.21 bits per heavy atom. The second-order valence-electron chi connectivity index (χ2n) is 5.43. The Labute approximate surface area is 116 Å². The molecule has 1 fully saturated rings. The summed E-state index contributed by atoms with van der Waals surface area (Å²) in [6, 6.07) is 0.254. The summed E-state index contributed by atoms with van der Waals surface area (Å²) in [5.74, 6) is 0.613. The molecule has 0 aliphatic carbocycles. The van der Waals surface area contributed by atoms with Crippen LogP contribution < -0.4 is 5.32 Å². The van der Waals surface area contributed by atoms with Crippen molar-refractivity contribution < 1.29 is 9.59 Å². The van der Waals surface area contributed by atoms with E-state index in [-0.39, 0.29) is 17.9 Å². The van der Waals surface area contributed by atoms with Crippen molar-refractivity contribution in [1.29, 1.82) is 0 Å². The van der Waals surface area contributed by atoms with Gasteiger partial charge in [0, 0.05) is 31.5 Å². The van der Waals surface area contributed by atoms with Crippen molar-refractivity contribution in [3.8, 4) is 0 Å². The maximum atomic E-state index is 12.2. The lowest BCUT2D eigenvalue weighted by Crippen LogP contribution is -2.47. The van der Waals surface area contributed by atoms with Crippen LogP contribution in [0.2, 0.25) is 0 Å². The summed E-state index contributed by atoms with van der Waals surface area (Å²) in [7, 11) is 0. The van der Waals surface area contributed by atoms with E-state index < -0.39 is 0 Å². The van der Waals surface area contributed by atoms with Gasteiger partial charge in [-0.25, -0.2) is 0 Å². The van der Waals surface area contributed by atoms with Crippen LogP contribution in [0.15, 0.2) is 0 Å². The van der Waals surface area contributed by atoms with Crippen molar-refractivity contribution in [2.24, 2.45) is 5.92 Å². The van der Waals surface area contributed by atoms with Crippen LogP contribution >= 0.6 is 0 Å². The van der Waals surface area contributed by atoms with E-state index in [1.54, 1.807) is 0 Å². The van der Waals surface area contributed by atoms with Crippen molar-refractivity contribution in [3.63, 3.8) is 0 Å². The quantitative estimate of drug-likeness (QED) is 0.804. The first-order valence-electron chi connectivity index (χ1n) is 7.70. The first-order valence-corrected chi connectivity index (χ1v) is 7.70. The summed E-state index contributed by atoms with van der Waals surface area (Å²) in [6.07, 6.45) is 5.11. The predicted molar refractivity (Wildman–Crippen MR) is 76.7 cm³/mol. The average molecular weight is 268 g/mol. The molecule has 1 heterocycles. The fraction of sp³-hybridized carbons (Fsp3) is 0.867. The Bertz CT molecular complexity index is 293. The van der Waals surface area contributed by atoms with E-state index >= 15 is 0 Å². The van der Waals surface area contributed by atoms with E-state index in [0.717, 1.165) is 45.2 Å². The Morgan fingerprint density at radius 1 is 1.16 bits per heavy atom. The van der Waals surface area contributed by atoms with Gasteiger partial charge >= 0.3 is 0 Å². The second kappa shape index (κ2) is 8.18. The lowest BCUT2D eigenvalue weighted by Gasteiger charge is -2.34. The number of carbonyl (C=O) groups is 2. The number of hydrogen-bond acceptors (Lipinski definition) is 2. The van der Waals surface area contributed by atoms with Gasteiger partial charge in [-0.05, 0) is 32.1 Å². The smallest absolute Gasteiger partial charge is 0.225 e. The molecule has 0 bridgehead atoms. The van der Waals surface area contributed by atoms with Gasteiger partial charge < -0.3 is 10.2 Å². The molecule has 0 radical (unpaired) electrons. The van der Waals surface area contributed by atoms with E-state index in [9.17, 15) is 9.59 Å². The first kappa shape index (κ1) is 16.0. The molecule has 0 atom stereocenters. The van der Waals surface area contributed by atoms with E-state index in [4.69, 9.17) is 0 Å². The third-order valence-electron chi connectivity index (χ3n) is 3.98. The van der Waals surface area contributed by atoms with Crippen LogP contribution in [0, 0.1) is 5.92 Å². The highest BCUT2D eigenvalue weighted by atomic mass is 16.2. The van der Waals surface area contributed by atoms with Gasteiger partial charge in [-0.3, -0.25) is 9.59 Å². The highest BCUT2D eigenvalue weighted by Crippen LogP contribution is 2.17. The molecule has 2 amide bonds. The number of carbonyl (C=O) groups excluding carboxylic acids is 2. The Morgan fingerprint density at radius 2 is 1.74 bits per heavy atom. The molecule has 0 aromatic rings. The van der Waals surface area contributed by atoms with Crippen LogP contribution in [0.3, 0.4) is 0 Å². The van der Waals surface area contributed by atoms with Gasteiger partial charge in [0.15, 0.2) is 0 Å². The van der Waals surface area contributed by atoms with Crippen molar-refractivity contribution in [1.82, 2.24) is 10.2 Å². The van der Waals surface area contributed by atoms with Gasteiger partial charge in [0.05, 0.1) is 0 Å². The number of piperidine rings is 1. The number of hydrogen-bond donors (Lipinski definition) is 1. The molecule has 4 nitrogen and oxygen atoms in total. The molecule has 0 aromatic carbocycles. The van der Waals surface area contributed by atoms with Crippen LogP contribution in [0.1, 0.15) is 59.3 Å². The maximum absolute atomic E-state index is 12.2. The summed E-state index contributed by atoms with van der Waals surface area (Å²) in [5.41, 5.74) is 0. The fourth-order valence-electron chi connectivity index (χ4n) is 2.67. The minimum atomic E-state index is 0.146. The summed E-state index contributed by atoms with van der Waals surface area (Å²) >= 11 is 0. The lowest BCUT2D eigenvalue weighted by atomic mass is 9.98. The zero-order chi connectivity index (χ0) is 14.3. The van der Waals surface area contributed by atoms with Crippen molar-refractivity contribution >= 4 is 11.8 Å². The van der Waals surface area contributed by atoms with Crippen LogP contribution in [0.25, 0.3) is 0 Å². The van der Waals surface area contributed by atoms with Gasteiger partial charge in [-0.2, -0.15) is 0 Å². The molecule has 19 heavy (non-hydrogen) atoms. The van der Waals surface area contributed by atoms with Crippen LogP contribution in [-0.2, 0) is 9.59 Å². The minimum absolute atomic E-state index is 0.146. The zero-order valence-corrected chi connectivity index (χ0v) is 12.6. The SMILES string of the molecule is CCCC(=O)NC1CCN(C(=O)C(CC)CC)CC1. The molecule has 0 unspecified atom stereocenters. The molecule has 0 aromatic heterocycles. The summed E-state index contributed by atoms with van der Waals surface area (Å²) < 4.78 is 0. The molecule has 0 spiro atoms.